The van der Waals surface area contributed by atoms with Gasteiger partial charge < -0.3 is 19.5 Å². The second-order valence-electron chi connectivity index (χ2n) is 5.10. The van der Waals surface area contributed by atoms with Crippen LogP contribution in [0.2, 0.25) is 0 Å². The van der Waals surface area contributed by atoms with Gasteiger partial charge in [0.1, 0.15) is 18.8 Å². The molecule has 2 aromatic rings. The lowest BCUT2D eigenvalue weighted by molar-refractivity contribution is 0.102. The Balaban J connectivity index is 1.56. The third kappa shape index (κ3) is 2.24. The van der Waals surface area contributed by atoms with Crippen molar-refractivity contribution in [2.45, 2.75) is 13.0 Å². The highest BCUT2D eigenvalue weighted by atomic mass is 16.6. The molecular weight excluding hydrogens is 286 g/mol. The molecule has 0 atom stereocenters. The van der Waals surface area contributed by atoms with Gasteiger partial charge in [-0.3, -0.25) is 4.79 Å². The zero-order valence-electron chi connectivity index (χ0n) is 11.9. The van der Waals surface area contributed by atoms with Gasteiger partial charge in [0.25, 0.3) is 5.91 Å². The van der Waals surface area contributed by atoms with Crippen LogP contribution in [0, 0.1) is 0 Å². The lowest BCUT2D eigenvalue weighted by Crippen LogP contribution is -2.19. The smallest absolute Gasteiger partial charge is 0.262 e. The third-order valence-electron chi connectivity index (χ3n) is 3.59. The summed E-state index contributed by atoms with van der Waals surface area (Å²) in [5.74, 6) is 1.61. The van der Waals surface area contributed by atoms with Gasteiger partial charge in [-0.25, -0.2) is 4.68 Å². The second-order valence-corrected chi connectivity index (χ2v) is 5.10. The molecule has 1 amide bonds. The molecule has 2 aliphatic heterocycles. The molecule has 0 unspecified atom stereocenters. The van der Waals surface area contributed by atoms with E-state index in [1.54, 1.807) is 22.9 Å². The van der Waals surface area contributed by atoms with Gasteiger partial charge in [0.05, 0.1) is 12.8 Å². The van der Waals surface area contributed by atoms with Crippen molar-refractivity contribution >= 4 is 11.6 Å². The number of rotatable bonds is 2. The number of nitrogens with zero attached hydrogens (tertiary/aromatic N) is 2. The topological polar surface area (TPSA) is 74.6 Å². The van der Waals surface area contributed by atoms with Crippen molar-refractivity contribution in [2.24, 2.45) is 0 Å². The fraction of sp³-hybridized carbons (Fsp3) is 0.333. The molecule has 0 bridgehead atoms. The van der Waals surface area contributed by atoms with E-state index < -0.39 is 0 Å². The van der Waals surface area contributed by atoms with Crippen molar-refractivity contribution in [3.05, 3.63) is 30.0 Å². The molecule has 0 saturated carbocycles. The maximum absolute atomic E-state index is 12.4. The van der Waals surface area contributed by atoms with E-state index in [4.69, 9.17) is 14.2 Å². The number of aromatic nitrogens is 2. The van der Waals surface area contributed by atoms with Crippen LogP contribution in [0.3, 0.4) is 0 Å². The standard InChI is InChI=1S/C15H15N3O4/c19-14(11-9-16-18-4-1-5-22-15(11)18)17-10-2-3-12-13(8-10)21-7-6-20-12/h2-3,8-9H,1,4-7H2,(H,17,19). The molecule has 1 aromatic carbocycles. The number of aryl methyl sites for hydroxylation is 1. The Kier molecular flexibility index (Phi) is 3.10. The normalized spacial score (nSPS) is 15.6. The first kappa shape index (κ1) is 13.0. The van der Waals surface area contributed by atoms with Gasteiger partial charge in [0.2, 0.25) is 5.88 Å². The Bertz CT molecular complexity index is 726. The van der Waals surface area contributed by atoms with Gasteiger partial charge in [-0.05, 0) is 12.1 Å². The van der Waals surface area contributed by atoms with Crippen LogP contribution in [0.15, 0.2) is 24.4 Å². The molecule has 7 heteroatoms. The largest absolute Gasteiger partial charge is 0.486 e. The predicted octanol–water partition coefficient (Wildman–Crippen LogP) is 1.69. The minimum Gasteiger partial charge on any atom is -0.486 e. The highest BCUT2D eigenvalue weighted by Crippen LogP contribution is 2.33. The number of anilines is 1. The maximum atomic E-state index is 12.4. The van der Waals surface area contributed by atoms with Gasteiger partial charge in [-0.15, -0.1) is 0 Å². The number of carbonyl (C=O) groups is 1. The van der Waals surface area contributed by atoms with Crippen LogP contribution in [0.5, 0.6) is 17.4 Å². The molecule has 114 valence electrons. The Morgan fingerprint density at radius 1 is 1.14 bits per heavy atom. The van der Waals surface area contributed by atoms with E-state index in [2.05, 4.69) is 10.4 Å². The zero-order valence-corrected chi connectivity index (χ0v) is 11.9. The molecular formula is C15H15N3O4. The van der Waals surface area contributed by atoms with Crippen LogP contribution in [-0.2, 0) is 6.54 Å². The molecule has 0 radical (unpaired) electrons. The molecule has 0 fully saturated rings. The average molecular weight is 301 g/mol. The van der Waals surface area contributed by atoms with Gasteiger partial charge in [-0.2, -0.15) is 5.10 Å². The van der Waals surface area contributed by atoms with Crippen molar-refractivity contribution in [1.29, 1.82) is 0 Å². The zero-order chi connectivity index (χ0) is 14.9. The number of benzene rings is 1. The number of hydrogen-bond acceptors (Lipinski definition) is 5. The highest BCUT2D eigenvalue weighted by Gasteiger charge is 2.22. The van der Waals surface area contributed by atoms with Crippen LogP contribution in [0.4, 0.5) is 5.69 Å². The quantitative estimate of drug-likeness (QED) is 0.913. The monoisotopic (exact) mass is 301 g/mol. The molecule has 2 aliphatic rings. The van der Waals surface area contributed by atoms with E-state index in [1.807, 2.05) is 0 Å². The molecule has 4 rings (SSSR count). The lowest BCUT2D eigenvalue weighted by atomic mass is 10.2. The minimum absolute atomic E-state index is 0.250. The van der Waals surface area contributed by atoms with Gasteiger partial charge in [0.15, 0.2) is 11.5 Å². The van der Waals surface area contributed by atoms with Crippen molar-refractivity contribution in [3.8, 4) is 17.4 Å². The van der Waals surface area contributed by atoms with Crippen molar-refractivity contribution < 1.29 is 19.0 Å². The molecule has 22 heavy (non-hydrogen) atoms. The molecule has 0 aliphatic carbocycles. The summed E-state index contributed by atoms with van der Waals surface area (Å²) in [4.78, 5) is 12.4. The van der Waals surface area contributed by atoms with Crippen molar-refractivity contribution in [1.82, 2.24) is 9.78 Å². The van der Waals surface area contributed by atoms with Gasteiger partial charge in [0, 0.05) is 24.7 Å². The SMILES string of the molecule is O=C(Nc1ccc2c(c1)OCCO2)c1cnn2c1OCCC2. The van der Waals surface area contributed by atoms with Crippen LogP contribution in [0.1, 0.15) is 16.8 Å². The van der Waals surface area contributed by atoms with Crippen LogP contribution in [-0.4, -0.2) is 35.5 Å². The van der Waals surface area contributed by atoms with E-state index in [0.717, 1.165) is 13.0 Å². The summed E-state index contributed by atoms with van der Waals surface area (Å²) in [6, 6.07) is 5.32. The summed E-state index contributed by atoms with van der Waals surface area (Å²) >= 11 is 0. The fourth-order valence-corrected chi connectivity index (χ4v) is 2.54. The first-order valence-electron chi connectivity index (χ1n) is 7.21. The first-order valence-corrected chi connectivity index (χ1v) is 7.21. The maximum Gasteiger partial charge on any atom is 0.262 e. The molecule has 1 aromatic heterocycles. The Morgan fingerprint density at radius 3 is 2.91 bits per heavy atom. The lowest BCUT2D eigenvalue weighted by Gasteiger charge is -2.19. The Morgan fingerprint density at radius 2 is 2.00 bits per heavy atom. The number of hydrogen-bond donors (Lipinski definition) is 1. The van der Waals surface area contributed by atoms with E-state index >= 15 is 0 Å². The van der Waals surface area contributed by atoms with Crippen molar-refractivity contribution in [2.75, 3.05) is 25.1 Å². The summed E-state index contributed by atoms with van der Waals surface area (Å²) in [6.45, 7) is 2.43. The summed E-state index contributed by atoms with van der Waals surface area (Å²) in [6.07, 6.45) is 2.44. The number of ether oxygens (including phenoxy) is 3. The number of fused-ring (bicyclic) bond motifs is 2. The van der Waals surface area contributed by atoms with Gasteiger partial charge >= 0.3 is 0 Å². The number of nitrogens with one attached hydrogen (secondary N) is 1. The van der Waals surface area contributed by atoms with Crippen LogP contribution >= 0.6 is 0 Å². The summed E-state index contributed by atoms with van der Waals surface area (Å²) in [7, 11) is 0. The van der Waals surface area contributed by atoms with E-state index in [0.29, 0.717) is 48.5 Å². The molecule has 0 saturated heterocycles. The molecule has 7 nitrogen and oxygen atoms in total. The molecule has 3 heterocycles. The predicted molar refractivity (Wildman–Crippen MR) is 77.7 cm³/mol. The number of amides is 1. The van der Waals surface area contributed by atoms with Crippen molar-refractivity contribution in [3.63, 3.8) is 0 Å². The summed E-state index contributed by atoms with van der Waals surface area (Å²) in [5, 5.41) is 7.01. The Labute approximate surface area is 126 Å². The average Bonchev–Trinajstić information content (AvgIpc) is 2.99. The third-order valence-corrected chi connectivity index (χ3v) is 3.59. The van der Waals surface area contributed by atoms with E-state index in [1.165, 1.54) is 6.20 Å². The second kappa shape index (κ2) is 5.25. The highest BCUT2D eigenvalue weighted by molar-refractivity contribution is 6.05. The van der Waals surface area contributed by atoms with Crippen LogP contribution < -0.4 is 19.5 Å². The summed E-state index contributed by atoms with van der Waals surface area (Å²) in [5.41, 5.74) is 1.08. The molecule has 1 N–H and O–H groups in total. The summed E-state index contributed by atoms with van der Waals surface area (Å²) < 4.78 is 18.2. The minimum atomic E-state index is -0.250. The number of carbonyl (C=O) groups excluding carboxylic acids is 1. The molecule has 0 spiro atoms. The fourth-order valence-electron chi connectivity index (χ4n) is 2.54. The van der Waals surface area contributed by atoms with E-state index in [9.17, 15) is 4.79 Å². The van der Waals surface area contributed by atoms with Gasteiger partial charge in [-0.1, -0.05) is 0 Å². The first-order chi connectivity index (χ1) is 10.8. The van der Waals surface area contributed by atoms with Crippen LogP contribution in [0.25, 0.3) is 0 Å². The van der Waals surface area contributed by atoms with E-state index in [-0.39, 0.29) is 5.91 Å². The Hall–Kier alpha value is -2.70.